The molecule has 48 heavy (non-hydrogen) atoms. The summed E-state index contributed by atoms with van der Waals surface area (Å²) in [5, 5.41) is 18.6. The molecule has 0 aromatic heterocycles. The van der Waals surface area contributed by atoms with Gasteiger partial charge in [0.1, 0.15) is 0 Å². The largest absolute Gasteiger partial charge is 0.365 e. The predicted molar refractivity (Wildman–Crippen MR) is 175 cm³/mol. The van der Waals surface area contributed by atoms with Crippen LogP contribution in [0.2, 0.25) is 0 Å². The van der Waals surface area contributed by atoms with Crippen LogP contribution in [0.3, 0.4) is 0 Å². The van der Waals surface area contributed by atoms with Crippen LogP contribution in [-0.4, -0.2) is 88.8 Å². The van der Waals surface area contributed by atoms with Crippen LogP contribution in [0.15, 0.2) is 97.1 Å². The molecule has 8 atom stereocenters. The topological polar surface area (TPSA) is 134 Å². The van der Waals surface area contributed by atoms with Crippen LogP contribution in [0.1, 0.15) is 16.7 Å². The Kier molecular flexibility index (Phi) is 8.72. The molecule has 10 nitrogen and oxygen atoms in total. The van der Waals surface area contributed by atoms with E-state index in [1.165, 1.54) is 16.7 Å². The van der Waals surface area contributed by atoms with E-state index in [1.54, 1.807) is 34.8 Å². The van der Waals surface area contributed by atoms with Gasteiger partial charge in [-0.2, -0.15) is 10.1 Å². The molecule has 246 valence electrons. The molecule has 6 heterocycles. The van der Waals surface area contributed by atoms with Gasteiger partial charge in [0.25, 0.3) is 23.6 Å². The molecule has 4 fully saturated rings. The molecule has 0 radical (unpaired) electrons. The molecule has 4 bridgehead atoms. The first kappa shape index (κ1) is 32.6. The predicted octanol–water partition coefficient (Wildman–Crippen LogP) is 1.76. The Balaban J connectivity index is 0.000000120. The van der Waals surface area contributed by atoms with Crippen LogP contribution >= 0.6 is 0 Å². The van der Waals surface area contributed by atoms with Crippen molar-refractivity contribution >= 4 is 54.4 Å². The zero-order valence-corrected chi connectivity index (χ0v) is 29.1. The van der Waals surface area contributed by atoms with Crippen LogP contribution in [0.5, 0.6) is 0 Å². The average Bonchev–Trinajstić information content (AvgIpc) is 3.95. The zero-order chi connectivity index (χ0) is 33.9. The van der Waals surface area contributed by atoms with Gasteiger partial charge in [-0.05, 0) is 0 Å². The van der Waals surface area contributed by atoms with Gasteiger partial charge in [0.2, 0.25) is 0 Å². The van der Waals surface area contributed by atoms with E-state index < -0.39 is 67.5 Å². The Hall–Kier alpha value is -3.92. The Morgan fingerprint density at radius 1 is 0.479 bits per heavy atom. The van der Waals surface area contributed by atoms with Gasteiger partial charge in [0.05, 0.1) is 48.1 Å². The fourth-order valence-corrected chi connectivity index (χ4v) is 15.3. The first-order valence-corrected chi connectivity index (χ1v) is 19.7. The summed E-state index contributed by atoms with van der Waals surface area (Å²) in [6.45, 7) is 6.76. The molecule has 4 saturated heterocycles. The van der Waals surface area contributed by atoms with Crippen molar-refractivity contribution in [2.75, 3.05) is 0 Å². The van der Waals surface area contributed by atoms with Gasteiger partial charge in [-0.15, -0.1) is 0 Å². The number of nitrogens with zero attached hydrogens (tertiary/aromatic N) is 2. The minimum Gasteiger partial charge on any atom is -0.365 e. The van der Waals surface area contributed by atoms with Gasteiger partial charge in [0.15, 0.2) is 0 Å². The average molecular weight is 757 g/mol. The van der Waals surface area contributed by atoms with Crippen molar-refractivity contribution in [1.82, 2.24) is 10.1 Å². The quantitative estimate of drug-likeness (QED) is 0.179. The second kappa shape index (κ2) is 12.8. The number of hydrogen-bond acceptors (Lipinski definition) is 8. The maximum Gasteiger partial charge on any atom is 0.260 e. The van der Waals surface area contributed by atoms with E-state index in [2.05, 4.69) is 93.6 Å². The van der Waals surface area contributed by atoms with Crippen LogP contribution in [0, 0.1) is 44.4 Å². The summed E-state index contributed by atoms with van der Waals surface area (Å²) in [4.78, 5) is 45.3. The first-order chi connectivity index (χ1) is 23.1. The number of benzene rings is 3. The van der Waals surface area contributed by atoms with Crippen LogP contribution in [0.4, 0.5) is 0 Å². The van der Waals surface area contributed by atoms with E-state index in [0.29, 0.717) is 0 Å². The minimum atomic E-state index is -1.98. The second-order valence-corrected chi connectivity index (χ2v) is 18.7. The standard InChI is InChI=1S/2C8H7NO4.3C7H7.Sb/c2*10-7-5-3-1-2-4(13-3)6(5)8(11)9(7)12;3*1-7-5-3-2-4-6-7;/h2*1-6,12H;3*2-5H,1H3;/t2*3-,4+,5?,6?;;;;. The van der Waals surface area contributed by atoms with Gasteiger partial charge in [-0.1, -0.05) is 24.3 Å². The summed E-state index contributed by atoms with van der Waals surface area (Å²) in [6.07, 6.45) is 5.83. The molecule has 6 aliphatic rings. The molecule has 11 heteroatoms. The number of carbonyl (C=O) groups is 4. The van der Waals surface area contributed by atoms with E-state index in [-0.39, 0.29) is 34.5 Å². The number of amides is 4. The zero-order valence-electron chi connectivity index (χ0n) is 26.5. The molecule has 0 aliphatic carbocycles. The third kappa shape index (κ3) is 5.36. The molecule has 4 unspecified atom stereocenters. The molecule has 3 aromatic rings. The van der Waals surface area contributed by atoms with Gasteiger partial charge in [-0.3, -0.25) is 29.6 Å². The van der Waals surface area contributed by atoms with Gasteiger partial charge in [0, 0.05) is 0 Å². The van der Waals surface area contributed by atoms with E-state index in [0.717, 1.165) is 0 Å². The van der Waals surface area contributed by atoms with Gasteiger partial charge < -0.3 is 9.47 Å². The smallest absolute Gasteiger partial charge is 0.260 e. The van der Waals surface area contributed by atoms with Crippen molar-refractivity contribution in [2.24, 2.45) is 23.7 Å². The maximum atomic E-state index is 11.3. The van der Waals surface area contributed by atoms with Crippen molar-refractivity contribution in [3.05, 3.63) is 114 Å². The normalized spacial score (nSPS) is 30.1. The number of ether oxygens (including phenoxy) is 2. The summed E-state index contributed by atoms with van der Waals surface area (Å²) < 4.78 is 15.4. The number of fused-ring (bicyclic) bond motifs is 10. The maximum absolute atomic E-state index is 11.3. The van der Waals surface area contributed by atoms with E-state index in [4.69, 9.17) is 19.9 Å². The monoisotopic (exact) mass is 756 g/mol. The van der Waals surface area contributed by atoms with E-state index in [9.17, 15) is 19.2 Å². The third-order valence-electron chi connectivity index (χ3n) is 9.84. The molecule has 4 amide bonds. The molecular weight excluding hydrogens is 722 g/mol. The summed E-state index contributed by atoms with van der Waals surface area (Å²) >= 11 is -1.98. The third-order valence-corrected chi connectivity index (χ3v) is 18.3. The molecular formula is C37H35N2O8Sb. The minimum absolute atomic E-state index is 0.227. The molecule has 0 spiro atoms. The van der Waals surface area contributed by atoms with Crippen LogP contribution < -0.4 is 10.5 Å². The summed E-state index contributed by atoms with van der Waals surface area (Å²) in [5.41, 5.74) is 4.28. The Morgan fingerprint density at radius 3 is 0.979 bits per heavy atom. The van der Waals surface area contributed by atoms with Crippen molar-refractivity contribution < 1.29 is 39.1 Å². The van der Waals surface area contributed by atoms with Gasteiger partial charge in [-0.25, -0.2) is 0 Å². The number of hydrogen-bond donors (Lipinski definition) is 2. The number of carbonyl (C=O) groups excluding carboxylic acids is 4. The number of hydroxylamine groups is 4. The molecule has 6 aliphatic heterocycles. The van der Waals surface area contributed by atoms with Crippen molar-refractivity contribution in [2.45, 2.75) is 45.2 Å². The summed E-state index contributed by atoms with van der Waals surface area (Å²) in [6, 6.07) is 26.8. The van der Waals surface area contributed by atoms with Crippen molar-refractivity contribution in [3.63, 3.8) is 0 Å². The van der Waals surface area contributed by atoms with Crippen molar-refractivity contribution in [1.29, 1.82) is 0 Å². The Labute approximate surface area is 285 Å². The fraction of sp³-hybridized carbons (Fsp3) is 0.297. The van der Waals surface area contributed by atoms with E-state index >= 15 is 0 Å². The van der Waals surface area contributed by atoms with Crippen LogP contribution in [-0.2, 0) is 28.7 Å². The summed E-state index contributed by atoms with van der Waals surface area (Å²) in [5.74, 6) is -4.11. The van der Waals surface area contributed by atoms with Crippen LogP contribution in [0.25, 0.3) is 0 Å². The molecule has 2 N–H and O–H groups in total. The van der Waals surface area contributed by atoms with E-state index in [1.807, 2.05) is 0 Å². The SMILES string of the molecule is Cc1cccc[c]1[Sb]([c]1ccccc1C)[c]1ccccc1C.O=C1C2C(C(=O)N1O)[C@H]1C=C[C@@H]2O1.O=C1C2C(C(=O)N1O)[C@H]1C=C[C@@H]2O1. The number of aryl methyl sites for hydroxylation is 3. The molecule has 0 saturated carbocycles. The Bertz CT molecular complexity index is 1640. The van der Waals surface area contributed by atoms with Gasteiger partial charge >= 0.3 is 141 Å². The first-order valence-electron chi connectivity index (χ1n) is 15.9. The second-order valence-electron chi connectivity index (χ2n) is 12.7. The fourth-order valence-electron chi connectivity index (χ4n) is 7.41. The Morgan fingerprint density at radius 2 is 0.729 bits per heavy atom. The number of rotatable bonds is 3. The summed E-state index contributed by atoms with van der Waals surface area (Å²) in [7, 11) is 0. The van der Waals surface area contributed by atoms with Crippen molar-refractivity contribution in [3.8, 4) is 0 Å². The number of imide groups is 2. The molecule has 3 aromatic carbocycles. The molecule has 9 rings (SSSR count).